The van der Waals surface area contributed by atoms with E-state index >= 15 is 0 Å². The third-order valence-electron chi connectivity index (χ3n) is 7.86. The van der Waals surface area contributed by atoms with Crippen molar-refractivity contribution >= 4 is 43.5 Å². The van der Waals surface area contributed by atoms with Gasteiger partial charge in [0.1, 0.15) is 17.5 Å². The fraction of sp³-hybridized carbons (Fsp3) is 0.179. The number of halogens is 1. The Bertz CT molecular complexity index is 2040. The van der Waals surface area contributed by atoms with Gasteiger partial charge in [-0.05, 0) is 70.6 Å². The number of amides is 1. The minimum atomic E-state index is -4.04. The molecule has 0 fully saturated rings. The molecule has 0 heterocycles. The van der Waals surface area contributed by atoms with Gasteiger partial charge >= 0.3 is 5.97 Å². The lowest BCUT2D eigenvalue weighted by Crippen LogP contribution is -2.43. The molecule has 5 rings (SSSR count). The average molecular weight is 742 g/mol. The number of sulfonamides is 1. The number of hydrogen-bond acceptors (Lipinski definition) is 6. The van der Waals surface area contributed by atoms with E-state index in [1.807, 2.05) is 99.6 Å². The molecule has 0 unspecified atom stereocenters. The van der Waals surface area contributed by atoms with Gasteiger partial charge in [-0.1, -0.05) is 109 Å². The van der Waals surface area contributed by atoms with Gasteiger partial charge in [0, 0.05) is 16.5 Å². The molecule has 0 aliphatic heterocycles. The lowest BCUT2D eigenvalue weighted by Gasteiger charge is -2.20. The zero-order chi connectivity index (χ0) is 35.2. The first-order valence-electron chi connectivity index (χ1n) is 15.6. The van der Waals surface area contributed by atoms with E-state index in [0.717, 1.165) is 28.0 Å². The molecule has 0 saturated carbocycles. The summed E-state index contributed by atoms with van der Waals surface area (Å²) in [6.45, 7) is 6.13. The van der Waals surface area contributed by atoms with Crippen molar-refractivity contribution in [3.05, 3.63) is 142 Å². The summed E-state index contributed by atoms with van der Waals surface area (Å²) in [5.41, 5.74) is 3.51. The molecule has 252 valence electrons. The molecule has 5 aromatic rings. The second kappa shape index (κ2) is 15.1. The molecule has 0 aliphatic carbocycles. The van der Waals surface area contributed by atoms with Crippen molar-refractivity contribution in [2.24, 2.45) is 0 Å². The lowest BCUT2D eigenvalue weighted by atomic mass is 9.87. The number of rotatable bonds is 11. The first kappa shape index (κ1) is 35.4. The van der Waals surface area contributed by atoms with Gasteiger partial charge in [0.05, 0.1) is 23.3 Å². The van der Waals surface area contributed by atoms with E-state index in [0.29, 0.717) is 10.2 Å². The zero-order valence-corrected chi connectivity index (χ0v) is 30.0. The zero-order valence-electron chi connectivity index (χ0n) is 27.6. The highest BCUT2D eigenvalue weighted by Gasteiger charge is 2.26. The molecule has 49 heavy (non-hydrogen) atoms. The van der Waals surface area contributed by atoms with E-state index in [9.17, 15) is 18.0 Å². The Balaban J connectivity index is 1.34. The number of ether oxygens (including phenoxy) is 2. The predicted molar refractivity (Wildman–Crippen MR) is 195 cm³/mol. The van der Waals surface area contributed by atoms with Crippen LogP contribution in [0.25, 0.3) is 11.1 Å². The summed E-state index contributed by atoms with van der Waals surface area (Å²) in [6.07, 6.45) is 0.135. The fourth-order valence-electron chi connectivity index (χ4n) is 5.17. The Morgan fingerprint density at radius 2 is 1.47 bits per heavy atom. The molecule has 0 spiro atoms. The Morgan fingerprint density at radius 1 is 0.816 bits per heavy atom. The van der Waals surface area contributed by atoms with Crippen LogP contribution in [0.1, 0.15) is 42.3 Å². The van der Waals surface area contributed by atoms with Crippen molar-refractivity contribution < 1.29 is 27.5 Å². The second-order valence-corrected chi connectivity index (χ2v) is 15.0. The van der Waals surface area contributed by atoms with Gasteiger partial charge < -0.3 is 14.8 Å². The topological polar surface area (TPSA) is 111 Å². The Labute approximate surface area is 295 Å². The van der Waals surface area contributed by atoms with Crippen LogP contribution in [0, 0.1) is 0 Å². The Hall–Kier alpha value is -4.93. The molecular weight excluding hydrogens is 704 g/mol. The van der Waals surface area contributed by atoms with Crippen LogP contribution in [0.3, 0.4) is 0 Å². The first-order valence-corrected chi connectivity index (χ1v) is 17.8. The highest BCUT2D eigenvalue weighted by Crippen LogP contribution is 2.33. The van der Waals surface area contributed by atoms with Gasteiger partial charge in [0.2, 0.25) is 0 Å². The number of esters is 1. The molecule has 8 nitrogen and oxygen atoms in total. The van der Waals surface area contributed by atoms with Crippen molar-refractivity contribution in [3.63, 3.8) is 0 Å². The summed E-state index contributed by atoms with van der Waals surface area (Å²) in [7, 11) is -2.79. The second-order valence-electron chi connectivity index (χ2n) is 12.4. The summed E-state index contributed by atoms with van der Waals surface area (Å²) < 4.78 is 40.9. The fourth-order valence-corrected chi connectivity index (χ4v) is 6.61. The summed E-state index contributed by atoms with van der Waals surface area (Å²) in [5, 5.41) is 2.74. The lowest BCUT2D eigenvalue weighted by molar-refractivity contribution is -0.142. The minimum absolute atomic E-state index is 0.0311. The summed E-state index contributed by atoms with van der Waals surface area (Å²) in [6, 6.07) is 35.0. The van der Waals surface area contributed by atoms with Crippen molar-refractivity contribution in [3.8, 4) is 22.6 Å². The molecule has 0 saturated heterocycles. The van der Waals surface area contributed by atoms with E-state index in [-0.39, 0.29) is 28.0 Å². The van der Waals surface area contributed by atoms with Gasteiger partial charge in [-0.15, -0.1) is 0 Å². The summed E-state index contributed by atoms with van der Waals surface area (Å²) in [4.78, 5) is 26.6. The normalized spacial score (nSPS) is 12.1. The van der Waals surface area contributed by atoms with Crippen LogP contribution >= 0.6 is 15.9 Å². The predicted octanol–water partition coefficient (Wildman–Crippen LogP) is 8.52. The molecular formula is C39H37BrN2O6S. The largest absolute Gasteiger partial charge is 0.467 e. The third kappa shape index (κ3) is 8.95. The van der Waals surface area contributed by atoms with Gasteiger partial charge in [0.25, 0.3) is 15.9 Å². The van der Waals surface area contributed by atoms with E-state index in [1.54, 1.807) is 18.2 Å². The number of carbonyl (C=O) groups is 2. The van der Waals surface area contributed by atoms with E-state index in [1.165, 1.54) is 31.4 Å². The number of carbonyl (C=O) groups excluding carboxylic acids is 2. The molecule has 0 bridgehead atoms. The van der Waals surface area contributed by atoms with Crippen LogP contribution in [-0.4, -0.2) is 33.4 Å². The van der Waals surface area contributed by atoms with E-state index in [2.05, 4.69) is 26.0 Å². The highest BCUT2D eigenvalue weighted by atomic mass is 79.9. The van der Waals surface area contributed by atoms with Crippen molar-refractivity contribution in [1.82, 2.24) is 5.32 Å². The minimum Gasteiger partial charge on any atom is -0.467 e. The van der Waals surface area contributed by atoms with E-state index < -0.39 is 27.9 Å². The van der Waals surface area contributed by atoms with Gasteiger partial charge in [-0.3, -0.25) is 9.52 Å². The number of nitrogens with one attached hydrogen (secondary N) is 2. The molecule has 10 heteroatoms. The van der Waals surface area contributed by atoms with Crippen LogP contribution in [0.5, 0.6) is 11.5 Å². The van der Waals surface area contributed by atoms with E-state index in [4.69, 9.17) is 9.47 Å². The van der Waals surface area contributed by atoms with Crippen LogP contribution in [0.4, 0.5) is 5.69 Å². The number of hydrogen-bond donors (Lipinski definition) is 2. The van der Waals surface area contributed by atoms with Crippen molar-refractivity contribution in [2.45, 2.75) is 43.5 Å². The highest BCUT2D eigenvalue weighted by molar-refractivity contribution is 9.10. The number of anilines is 1. The first-order chi connectivity index (χ1) is 23.3. The van der Waals surface area contributed by atoms with Crippen LogP contribution < -0.4 is 14.8 Å². The Kier molecular flexibility index (Phi) is 10.9. The van der Waals surface area contributed by atoms with Crippen molar-refractivity contribution in [2.75, 3.05) is 11.8 Å². The molecule has 1 atom stereocenters. The maximum Gasteiger partial charge on any atom is 0.328 e. The average Bonchev–Trinajstić information content (AvgIpc) is 3.09. The molecule has 1 amide bonds. The Morgan fingerprint density at radius 3 is 2.12 bits per heavy atom. The molecule has 0 aliphatic rings. The summed E-state index contributed by atoms with van der Waals surface area (Å²) >= 11 is 3.37. The number of para-hydroxylation sites is 2. The molecule has 0 aromatic heterocycles. The van der Waals surface area contributed by atoms with Gasteiger partial charge in [0.15, 0.2) is 0 Å². The smallest absolute Gasteiger partial charge is 0.328 e. The number of benzene rings is 5. The third-order valence-corrected chi connectivity index (χ3v) is 9.73. The monoisotopic (exact) mass is 740 g/mol. The van der Waals surface area contributed by atoms with Crippen LogP contribution in [-0.2, 0) is 31.4 Å². The van der Waals surface area contributed by atoms with Gasteiger partial charge in [-0.25, -0.2) is 13.2 Å². The molecule has 2 N–H and O–H groups in total. The standard InChI is InChI=1S/C39H37BrN2O6S/c1-39(2,3)28-18-21-31(22-19-28)49(45,46)42-34-23-20-29(40)25-33(34)37(43)41-35(38(44)47-4)24-26-14-16-27(17-15-26)32-12-8-9-13-36(32)48-30-10-6-5-7-11-30/h5-23,25,35,42H,24H2,1-4H3,(H,41,43)/t35-/m0/s1. The maximum atomic E-state index is 13.7. The summed E-state index contributed by atoms with van der Waals surface area (Å²) in [5.74, 6) is 0.124. The SMILES string of the molecule is COC(=O)[C@H](Cc1ccc(-c2ccccc2Oc2ccccc2)cc1)NC(=O)c1cc(Br)ccc1NS(=O)(=O)c1ccc(C(C)(C)C)cc1. The molecule has 5 aromatic carbocycles. The van der Waals surface area contributed by atoms with Gasteiger partial charge in [-0.2, -0.15) is 0 Å². The number of methoxy groups -OCH3 is 1. The quantitative estimate of drug-likeness (QED) is 0.131. The maximum absolute atomic E-state index is 13.7. The van der Waals surface area contributed by atoms with Crippen molar-refractivity contribution in [1.29, 1.82) is 0 Å². The molecule has 0 radical (unpaired) electrons. The van der Waals surface area contributed by atoms with Crippen LogP contribution in [0.2, 0.25) is 0 Å². The van der Waals surface area contributed by atoms with Crippen LogP contribution in [0.15, 0.2) is 131 Å².